The van der Waals surface area contributed by atoms with Crippen molar-refractivity contribution in [3.8, 4) is 11.5 Å². The minimum absolute atomic E-state index is 0.214. The number of benzene rings is 3. The van der Waals surface area contributed by atoms with Crippen molar-refractivity contribution in [2.45, 2.75) is 19.4 Å². The van der Waals surface area contributed by atoms with Gasteiger partial charge >= 0.3 is 0 Å². The van der Waals surface area contributed by atoms with E-state index in [9.17, 15) is 4.79 Å². The second-order valence-corrected chi connectivity index (χ2v) is 9.09. The van der Waals surface area contributed by atoms with Gasteiger partial charge in [0.1, 0.15) is 17.3 Å². The smallest absolute Gasteiger partial charge is 0.281 e. The van der Waals surface area contributed by atoms with E-state index >= 15 is 0 Å². The van der Waals surface area contributed by atoms with Crippen LogP contribution < -0.4 is 15.0 Å². The number of rotatable bonds is 2. The van der Waals surface area contributed by atoms with Crippen LogP contribution in [-0.2, 0) is 13.0 Å². The zero-order valence-corrected chi connectivity index (χ0v) is 19.7. The number of hydrogen-bond donors (Lipinski definition) is 0. The molecule has 0 saturated heterocycles. The van der Waals surface area contributed by atoms with E-state index in [2.05, 4.69) is 43.7 Å². The van der Waals surface area contributed by atoms with E-state index in [1.165, 1.54) is 5.56 Å². The maximum Gasteiger partial charge on any atom is 0.281 e. The molecule has 2 aliphatic heterocycles. The third kappa shape index (κ3) is 3.20. The molecule has 1 aromatic heterocycles. The van der Waals surface area contributed by atoms with Gasteiger partial charge in [-0.05, 0) is 64.2 Å². The lowest BCUT2D eigenvalue weighted by Crippen LogP contribution is -2.23. The summed E-state index contributed by atoms with van der Waals surface area (Å²) in [5.41, 5.74) is 5.87. The van der Waals surface area contributed by atoms with E-state index in [-0.39, 0.29) is 5.56 Å². The molecule has 0 saturated carbocycles. The summed E-state index contributed by atoms with van der Waals surface area (Å²) in [7, 11) is 1.67. The van der Waals surface area contributed by atoms with Crippen LogP contribution in [0.1, 0.15) is 34.5 Å². The summed E-state index contributed by atoms with van der Waals surface area (Å²) in [4.78, 5) is 17.5. The van der Waals surface area contributed by atoms with Crippen molar-refractivity contribution in [3.05, 3.63) is 97.5 Å². The number of fused-ring (bicyclic) bond motifs is 5. The standard InChI is InChI=1S/C27H21BrN2O3/c1-32-23-14-17(25-20(24(23)28)10-6-12-33-25)13-21-18-8-3-2-7-16(18)15-30-22-11-5-4-9-19(22)27(31)29-26(21)30/h2-5,7-9,11,13-14H,6,10,12,15H2,1H3/b21-13+. The summed E-state index contributed by atoms with van der Waals surface area (Å²) < 4.78 is 14.9. The van der Waals surface area contributed by atoms with Crippen molar-refractivity contribution in [2.24, 2.45) is 0 Å². The number of halogens is 1. The molecule has 4 aromatic rings. The molecule has 0 bridgehead atoms. The Bertz CT molecular complexity index is 1520. The summed E-state index contributed by atoms with van der Waals surface area (Å²) in [6.07, 6.45) is 3.96. The summed E-state index contributed by atoms with van der Waals surface area (Å²) in [6, 6.07) is 18.0. The Morgan fingerprint density at radius 2 is 1.97 bits per heavy atom. The van der Waals surface area contributed by atoms with Gasteiger partial charge in [-0.2, -0.15) is 4.98 Å². The molecule has 0 spiro atoms. The van der Waals surface area contributed by atoms with E-state index < -0.39 is 0 Å². The fourth-order valence-corrected chi connectivity index (χ4v) is 5.52. The zero-order valence-electron chi connectivity index (χ0n) is 18.1. The van der Waals surface area contributed by atoms with Crippen molar-refractivity contribution in [1.29, 1.82) is 0 Å². The number of hydrogen-bond acceptors (Lipinski definition) is 4. The molecule has 6 heteroatoms. The third-order valence-electron chi connectivity index (χ3n) is 6.41. The van der Waals surface area contributed by atoms with Crippen molar-refractivity contribution in [2.75, 3.05) is 13.7 Å². The predicted molar refractivity (Wildman–Crippen MR) is 133 cm³/mol. The van der Waals surface area contributed by atoms with Crippen LogP contribution in [0.5, 0.6) is 11.5 Å². The van der Waals surface area contributed by atoms with Crippen molar-refractivity contribution in [1.82, 2.24) is 9.55 Å². The van der Waals surface area contributed by atoms with Crippen LogP contribution >= 0.6 is 15.9 Å². The van der Waals surface area contributed by atoms with E-state index in [4.69, 9.17) is 9.47 Å². The summed E-state index contributed by atoms with van der Waals surface area (Å²) >= 11 is 3.69. The SMILES string of the molecule is COc1cc(/C=C2\c3ccccc3Cn3c2nc(=O)c2ccccc23)c2c(c1Br)CCCO2. The van der Waals surface area contributed by atoms with Crippen LogP contribution in [0.3, 0.4) is 0 Å². The van der Waals surface area contributed by atoms with Gasteiger partial charge in [0.05, 0.1) is 35.6 Å². The second-order valence-electron chi connectivity index (χ2n) is 8.30. The van der Waals surface area contributed by atoms with E-state index in [0.29, 0.717) is 24.4 Å². The maximum absolute atomic E-state index is 12.9. The number of methoxy groups -OCH3 is 1. The first-order valence-electron chi connectivity index (χ1n) is 11.0. The van der Waals surface area contributed by atoms with E-state index in [1.807, 2.05) is 42.5 Å². The highest BCUT2D eigenvalue weighted by atomic mass is 79.9. The lowest BCUT2D eigenvalue weighted by atomic mass is 9.92. The molecule has 164 valence electrons. The number of aromatic nitrogens is 2. The second kappa shape index (κ2) is 7.89. The minimum Gasteiger partial charge on any atom is -0.496 e. The fraction of sp³-hybridized carbons (Fsp3) is 0.185. The van der Waals surface area contributed by atoms with Crippen LogP contribution in [0, 0.1) is 0 Å². The quantitative estimate of drug-likeness (QED) is 0.323. The first-order chi connectivity index (χ1) is 16.2. The number of nitrogens with zero attached hydrogens (tertiary/aromatic N) is 2. The average Bonchev–Trinajstić information content (AvgIpc) is 2.86. The Morgan fingerprint density at radius 1 is 1.15 bits per heavy atom. The van der Waals surface area contributed by atoms with Gasteiger partial charge in [-0.25, -0.2) is 0 Å². The van der Waals surface area contributed by atoms with Crippen molar-refractivity contribution < 1.29 is 9.47 Å². The highest BCUT2D eigenvalue weighted by Crippen LogP contribution is 2.43. The minimum atomic E-state index is -0.214. The van der Waals surface area contributed by atoms with Crippen LogP contribution in [0.4, 0.5) is 0 Å². The molecule has 2 aliphatic rings. The summed E-state index contributed by atoms with van der Waals surface area (Å²) in [6.45, 7) is 1.34. The molecule has 5 nitrogen and oxygen atoms in total. The maximum atomic E-state index is 12.9. The molecule has 0 fully saturated rings. The molecule has 3 aromatic carbocycles. The van der Waals surface area contributed by atoms with Gasteiger partial charge in [0.25, 0.3) is 5.56 Å². The van der Waals surface area contributed by atoms with E-state index in [1.54, 1.807) is 7.11 Å². The van der Waals surface area contributed by atoms with Gasteiger partial charge in [0, 0.05) is 16.7 Å². The normalized spacial score (nSPS) is 15.5. The Labute approximate surface area is 199 Å². The van der Waals surface area contributed by atoms with Gasteiger partial charge in [0.2, 0.25) is 0 Å². The molecular formula is C27H21BrN2O3. The van der Waals surface area contributed by atoms with Gasteiger partial charge in [-0.3, -0.25) is 4.79 Å². The Balaban J connectivity index is 1.67. The molecule has 0 atom stereocenters. The third-order valence-corrected chi connectivity index (χ3v) is 7.28. The number of ether oxygens (including phenoxy) is 2. The highest BCUT2D eigenvalue weighted by Gasteiger charge is 2.26. The Morgan fingerprint density at radius 3 is 2.85 bits per heavy atom. The lowest BCUT2D eigenvalue weighted by Gasteiger charge is -2.26. The monoisotopic (exact) mass is 500 g/mol. The Hall–Kier alpha value is -3.38. The topological polar surface area (TPSA) is 53.4 Å². The largest absolute Gasteiger partial charge is 0.496 e. The Kier molecular flexibility index (Phi) is 4.84. The molecule has 3 heterocycles. The van der Waals surface area contributed by atoms with Crippen LogP contribution in [0.15, 0.2) is 63.9 Å². The fourth-order valence-electron chi connectivity index (χ4n) is 4.86. The summed E-state index contributed by atoms with van der Waals surface area (Å²) in [5.74, 6) is 2.29. The van der Waals surface area contributed by atoms with Gasteiger partial charge in [-0.15, -0.1) is 0 Å². The molecule has 0 aliphatic carbocycles. The molecular weight excluding hydrogens is 480 g/mol. The molecule has 6 rings (SSSR count). The van der Waals surface area contributed by atoms with Crippen LogP contribution in [-0.4, -0.2) is 23.3 Å². The predicted octanol–water partition coefficient (Wildman–Crippen LogP) is 5.44. The molecule has 0 N–H and O–H groups in total. The van der Waals surface area contributed by atoms with Gasteiger partial charge in [-0.1, -0.05) is 36.4 Å². The first kappa shape index (κ1) is 20.2. The van der Waals surface area contributed by atoms with Gasteiger partial charge in [0.15, 0.2) is 0 Å². The molecule has 0 amide bonds. The van der Waals surface area contributed by atoms with Crippen molar-refractivity contribution >= 4 is 38.5 Å². The van der Waals surface area contributed by atoms with Crippen molar-refractivity contribution in [3.63, 3.8) is 0 Å². The zero-order chi connectivity index (χ0) is 22.5. The van der Waals surface area contributed by atoms with Gasteiger partial charge < -0.3 is 14.0 Å². The van der Waals surface area contributed by atoms with E-state index in [0.717, 1.165) is 56.6 Å². The lowest BCUT2D eigenvalue weighted by molar-refractivity contribution is 0.286. The molecule has 0 unspecified atom stereocenters. The average molecular weight is 501 g/mol. The highest BCUT2D eigenvalue weighted by molar-refractivity contribution is 9.10. The molecule has 0 radical (unpaired) electrons. The van der Waals surface area contributed by atoms with Crippen LogP contribution in [0.2, 0.25) is 0 Å². The van der Waals surface area contributed by atoms with Crippen LogP contribution in [0.25, 0.3) is 22.6 Å². The number of para-hydroxylation sites is 1. The summed E-state index contributed by atoms with van der Waals surface area (Å²) in [5, 5.41) is 0.631. The first-order valence-corrected chi connectivity index (χ1v) is 11.8. The molecule has 33 heavy (non-hydrogen) atoms.